The molecule has 31 heavy (non-hydrogen) atoms. The number of benzene rings is 3. The highest BCUT2D eigenvalue weighted by atomic mass is 16.5. The number of carbonyl (C=O) groups excluding carboxylic acids is 1. The number of rotatable bonds is 6. The van der Waals surface area contributed by atoms with Crippen molar-refractivity contribution in [1.82, 2.24) is 0 Å². The van der Waals surface area contributed by atoms with Gasteiger partial charge in [0.25, 0.3) is 0 Å². The van der Waals surface area contributed by atoms with Crippen molar-refractivity contribution < 1.29 is 23.4 Å². The van der Waals surface area contributed by atoms with E-state index in [4.69, 9.17) is 18.6 Å². The second-order valence-electron chi connectivity index (χ2n) is 6.84. The minimum absolute atomic E-state index is 0.0435. The lowest BCUT2D eigenvalue weighted by Gasteiger charge is -2.06. The maximum Gasteiger partial charge on any atom is 0.331 e. The first-order valence-electron chi connectivity index (χ1n) is 9.60. The highest BCUT2D eigenvalue weighted by molar-refractivity contribution is 5.90. The van der Waals surface area contributed by atoms with Crippen LogP contribution in [-0.2, 0) is 16.1 Å². The van der Waals surface area contributed by atoms with Crippen molar-refractivity contribution in [3.8, 4) is 11.5 Å². The van der Waals surface area contributed by atoms with E-state index in [0.717, 1.165) is 11.3 Å². The molecule has 0 aliphatic rings. The van der Waals surface area contributed by atoms with Gasteiger partial charge in [0.1, 0.15) is 29.3 Å². The van der Waals surface area contributed by atoms with E-state index < -0.39 is 5.97 Å². The van der Waals surface area contributed by atoms with Crippen LogP contribution in [0, 0.1) is 0 Å². The van der Waals surface area contributed by atoms with E-state index in [1.54, 1.807) is 56.7 Å². The molecular weight excluding hydrogens is 396 g/mol. The van der Waals surface area contributed by atoms with Crippen molar-refractivity contribution in [2.75, 3.05) is 14.2 Å². The fourth-order valence-corrected chi connectivity index (χ4v) is 3.18. The summed E-state index contributed by atoms with van der Waals surface area (Å²) in [6.45, 7) is 0.0435. The molecule has 1 aromatic heterocycles. The van der Waals surface area contributed by atoms with Crippen LogP contribution in [-0.4, -0.2) is 20.2 Å². The molecule has 156 valence electrons. The van der Waals surface area contributed by atoms with Crippen molar-refractivity contribution in [2.45, 2.75) is 6.61 Å². The fourth-order valence-electron chi connectivity index (χ4n) is 3.18. The van der Waals surface area contributed by atoms with Gasteiger partial charge < -0.3 is 18.6 Å². The molecule has 0 atom stereocenters. The van der Waals surface area contributed by atoms with Crippen LogP contribution < -0.4 is 14.9 Å². The van der Waals surface area contributed by atoms with E-state index in [9.17, 15) is 9.59 Å². The van der Waals surface area contributed by atoms with Gasteiger partial charge in [0.05, 0.1) is 25.0 Å². The van der Waals surface area contributed by atoms with Crippen LogP contribution in [0.2, 0.25) is 0 Å². The third kappa shape index (κ3) is 4.43. The van der Waals surface area contributed by atoms with Gasteiger partial charge in [0.2, 0.25) is 5.43 Å². The molecule has 0 amide bonds. The van der Waals surface area contributed by atoms with Gasteiger partial charge in [0, 0.05) is 12.1 Å². The standard InChI is InChI=1S/C25H20O6/c1-28-18-7-3-16(4-8-18)6-12-24(26)30-15-17-5-11-22-21(13-17)25(27)20-10-9-19(29-2)14-23(20)31-22/h3-14H,15H2,1-2H3/b12-6+. The molecule has 1 heterocycles. The first-order valence-corrected chi connectivity index (χ1v) is 9.60. The van der Waals surface area contributed by atoms with E-state index in [1.165, 1.54) is 6.08 Å². The molecule has 0 radical (unpaired) electrons. The first kappa shape index (κ1) is 20.2. The van der Waals surface area contributed by atoms with Crippen LogP contribution in [0.15, 0.2) is 76.0 Å². The number of fused-ring (bicyclic) bond motifs is 2. The predicted octanol–water partition coefficient (Wildman–Crippen LogP) is 4.72. The highest BCUT2D eigenvalue weighted by Gasteiger charge is 2.10. The molecule has 0 aliphatic heterocycles. The largest absolute Gasteiger partial charge is 0.497 e. The molecule has 4 aromatic rings. The Morgan fingerprint density at radius 2 is 1.61 bits per heavy atom. The van der Waals surface area contributed by atoms with E-state index in [-0.39, 0.29) is 12.0 Å². The Hall–Kier alpha value is -4.06. The highest BCUT2D eigenvalue weighted by Crippen LogP contribution is 2.23. The van der Waals surface area contributed by atoms with Gasteiger partial charge in [-0.2, -0.15) is 0 Å². The molecule has 6 heteroatoms. The Kier molecular flexibility index (Phi) is 5.71. The molecular formula is C25H20O6. The number of carbonyl (C=O) groups is 1. The van der Waals surface area contributed by atoms with E-state index in [0.29, 0.717) is 33.3 Å². The molecule has 0 aliphatic carbocycles. The van der Waals surface area contributed by atoms with Crippen molar-refractivity contribution in [1.29, 1.82) is 0 Å². The smallest absolute Gasteiger partial charge is 0.331 e. The van der Waals surface area contributed by atoms with Crippen molar-refractivity contribution in [3.63, 3.8) is 0 Å². The van der Waals surface area contributed by atoms with Gasteiger partial charge in [-0.05, 0) is 53.6 Å². The van der Waals surface area contributed by atoms with Crippen LogP contribution in [0.1, 0.15) is 11.1 Å². The monoisotopic (exact) mass is 416 g/mol. The summed E-state index contributed by atoms with van der Waals surface area (Å²) in [5.74, 6) is 0.877. The Balaban J connectivity index is 1.49. The SMILES string of the molecule is COc1ccc(/C=C/C(=O)OCc2ccc3oc4cc(OC)ccc4c(=O)c3c2)cc1. The van der Waals surface area contributed by atoms with Crippen LogP contribution >= 0.6 is 0 Å². The van der Waals surface area contributed by atoms with Crippen molar-refractivity contribution >= 4 is 34.0 Å². The number of methoxy groups -OCH3 is 2. The molecule has 0 unspecified atom stereocenters. The molecule has 0 fully saturated rings. The molecule has 0 saturated carbocycles. The number of hydrogen-bond donors (Lipinski definition) is 0. The summed E-state index contributed by atoms with van der Waals surface area (Å²) in [5, 5.41) is 0.893. The van der Waals surface area contributed by atoms with Crippen LogP contribution in [0.4, 0.5) is 0 Å². The maximum absolute atomic E-state index is 12.9. The zero-order valence-corrected chi connectivity index (χ0v) is 17.1. The maximum atomic E-state index is 12.9. The molecule has 6 nitrogen and oxygen atoms in total. The van der Waals surface area contributed by atoms with Crippen LogP contribution in [0.5, 0.6) is 11.5 Å². The molecule has 0 spiro atoms. The van der Waals surface area contributed by atoms with Crippen LogP contribution in [0.25, 0.3) is 28.0 Å². The number of hydrogen-bond acceptors (Lipinski definition) is 6. The first-order chi connectivity index (χ1) is 15.1. The third-order valence-corrected chi connectivity index (χ3v) is 4.85. The summed E-state index contributed by atoms with van der Waals surface area (Å²) in [7, 11) is 3.15. The Morgan fingerprint density at radius 3 is 2.35 bits per heavy atom. The van der Waals surface area contributed by atoms with Gasteiger partial charge >= 0.3 is 5.97 Å². The van der Waals surface area contributed by atoms with E-state index in [1.807, 2.05) is 24.3 Å². The quantitative estimate of drug-likeness (QED) is 0.257. The summed E-state index contributed by atoms with van der Waals surface area (Å²) in [6, 6.07) is 17.5. The average molecular weight is 416 g/mol. The number of esters is 1. The summed E-state index contributed by atoms with van der Waals surface area (Å²) >= 11 is 0. The zero-order valence-electron chi connectivity index (χ0n) is 17.1. The lowest BCUT2D eigenvalue weighted by Crippen LogP contribution is -2.04. The second kappa shape index (κ2) is 8.75. The molecule has 0 saturated heterocycles. The Bertz CT molecular complexity index is 1330. The summed E-state index contributed by atoms with van der Waals surface area (Å²) in [4.78, 5) is 24.9. The van der Waals surface area contributed by atoms with Gasteiger partial charge in [-0.3, -0.25) is 4.79 Å². The normalized spacial score (nSPS) is 11.2. The lowest BCUT2D eigenvalue weighted by atomic mass is 10.1. The van der Waals surface area contributed by atoms with Gasteiger partial charge in [-0.25, -0.2) is 4.79 Å². The fraction of sp³-hybridized carbons (Fsp3) is 0.120. The van der Waals surface area contributed by atoms with E-state index >= 15 is 0 Å². The third-order valence-electron chi connectivity index (χ3n) is 4.85. The summed E-state index contributed by atoms with van der Waals surface area (Å²) in [5.41, 5.74) is 2.31. The molecule has 3 aromatic carbocycles. The van der Waals surface area contributed by atoms with Gasteiger partial charge in [-0.15, -0.1) is 0 Å². The predicted molar refractivity (Wildman–Crippen MR) is 118 cm³/mol. The number of ether oxygens (including phenoxy) is 3. The topological polar surface area (TPSA) is 75.0 Å². The molecule has 4 rings (SSSR count). The van der Waals surface area contributed by atoms with Crippen molar-refractivity contribution in [3.05, 3.63) is 88.1 Å². The van der Waals surface area contributed by atoms with Crippen molar-refractivity contribution in [2.24, 2.45) is 0 Å². The minimum atomic E-state index is -0.478. The second-order valence-corrected chi connectivity index (χ2v) is 6.84. The minimum Gasteiger partial charge on any atom is -0.497 e. The lowest BCUT2D eigenvalue weighted by molar-refractivity contribution is -0.138. The van der Waals surface area contributed by atoms with Gasteiger partial charge in [0.15, 0.2) is 0 Å². The molecule has 0 bridgehead atoms. The summed E-state index contributed by atoms with van der Waals surface area (Å²) in [6.07, 6.45) is 3.02. The van der Waals surface area contributed by atoms with Gasteiger partial charge in [-0.1, -0.05) is 18.2 Å². The zero-order chi connectivity index (χ0) is 21.8. The van der Waals surface area contributed by atoms with Crippen LogP contribution in [0.3, 0.4) is 0 Å². The average Bonchev–Trinajstić information content (AvgIpc) is 2.81. The Morgan fingerprint density at radius 1 is 0.871 bits per heavy atom. The Labute approximate surface area is 178 Å². The molecule has 0 N–H and O–H groups in total. The van der Waals surface area contributed by atoms with E-state index in [2.05, 4.69) is 0 Å². The summed E-state index contributed by atoms with van der Waals surface area (Å²) < 4.78 is 21.4.